The molecule has 0 fully saturated rings. The molecule has 2 aromatic carbocycles. The number of carbonyl (C=O) groups is 2. The van der Waals surface area contributed by atoms with Gasteiger partial charge in [-0.1, -0.05) is 30.3 Å². The van der Waals surface area contributed by atoms with Gasteiger partial charge in [0.05, 0.1) is 18.4 Å². The van der Waals surface area contributed by atoms with E-state index in [1.807, 2.05) is 0 Å². The average molecular weight is 352 g/mol. The summed E-state index contributed by atoms with van der Waals surface area (Å²) in [6.07, 6.45) is 2.56. The van der Waals surface area contributed by atoms with Gasteiger partial charge in [-0.15, -0.1) is 0 Å². The lowest BCUT2D eigenvalue weighted by molar-refractivity contribution is -0.126. The normalized spacial score (nSPS) is 11.6. The van der Waals surface area contributed by atoms with Crippen LogP contribution in [-0.4, -0.2) is 18.3 Å². The third-order valence-electron chi connectivity index (χ3n) is 3.43. The molecule has 6 heteroatoms. The zero-order chi connectivity index (χ0) is 18.9. The summed E-state index contributed by atoms with van der Waals surface area (Å²) in [7, 11) is 0. The summed E-state index contributed by atoms with van der Waals surface area (Å²) in [6, 6.07) is 13.9. The molecule has 0 aliphatic heterocycles. The van der Waals surface area contributed by atoms with Gasteiger partial charge in [0.15, 0.2) is 11.7 Å². The Kier molecular flexibility index (Phi) is 6.63. The summed E-state index contributed by atoms with van der Waals surface area (Å²) in [5, 5.41) is 11.7. The maximum absolute atomic E-state index is 12.9. The van der Waals surface area contributed by atoms with Gasteiger partial charge in [-0.2, -0.15) is 5.26 Å². The smallest absolute Gasteiger partial charge is 0.249 e. The van der Waals surface area contributed by atoms with Crippen LogP contribution in [0.3, 0.4) is 0 Å². The maximum Gasteiger partial charge on any atom is 0.249 e. The lowest BCUT2D eigenvalue weighted by Gasteiger charge is -2.12. The molecule has 0 heterocycles. The fourth-order valence-corrected chi connectivity index (χ4v) is 2.16. The number of rotatable bonds is 7. The third kappa shape index (κ3) is 5.02. The van der Waals surface area contributed by atoms with Crippen LogP contribution >= 0.6 is 0 Å². The molecule has 132 valence electrons. The third-order valence-corrected chi connectivity index (χ3v) is 3.43. The van der Waals surface area contributed by atoms with E-state index >= 15 is 0 Å². The van der Waals surface area contributed by atoms with Crippen LogP contribution in [0.5, 0.6) is 5.75 Å². The first kappa shape index (κ1) is 18.9. The van der Waals surface area contributed by atoms with Gasteiger partial charge in [0, 0.05) is 0 Å². The predicted octanol–water partition coefficient (Wildman–Crippen LogP) is 3.59. The molecule has 2 rings (SSSR count). The molecule has 0 saturated carbocycles. The molecule has 1 N–H and O–H groups in total. The maximum atomic E-state index is 12.9. The van der Waals surface area contributed by atoms with Crippen molar-refractivity contribution in [1.29, 1.82) is 5.26 Å². The van der Waals surface area contributed by atoms with Crippen molar-refractivity contribution in [3.8, 4) is 11.8 Å². The van der Waals surface area contributed by atoms with Gasteiger partial charge in [0.25, 0.3) is 0 Å². The second kappa shape index (κ2) is 9.14. The van der Waals surface area contributed by atoms with Gasteiger partial charge in [-0.25, -0.2) is 4.39 Å². The number of hydrogen-bond acceptors (Lipinski definition) is 4. The molecular formula is C20H17FN2O3. The van der Waals surface area contributed by atoms with E-state index in [9.17, 15) is 19.2 Å². The van der Waals surface area contributed by atoms with E-state index in [0.717, 1.165) is 6.08 Å². The number of hydrogen-bond donors (Lipinski definition) is 1. The van der Waals surface area contributed by atoms with Crippen LogP contribution in [-0.2, 0) is 9.59 Å². The summed E-state index contributed by atoms with van der Waals surface area (Å²) in [6.45, 7) is 2.22. The number of nitrogens with one attached hydrogen (secondary N) is 1. The van der Waals surface area contributed by atoms with Gasteiger partial charge in [0.1, 0.15) is 11.6 Å². The second-order valence-corrected chi connectivity index (χ2v) is 5.27. The average Bonchev–Trinajstić information content (AvgIpc) is 2.63. The highest BCUT2D eigenvalue weighted by Gasteiger charge is 2.25. The molecule has 5 nitrogen and oxygen atoms in total. The number of ether oxygens (including phenoxy) is 1. The van der Waals surface area contributed by atoms with Crippen molar-refractivity contribution in [2.75, 3.05) is 11.9 Å². The van der Waals surface area contributed by atoms with Crippen LogP contribution in [0.1, 0.15) is 12.5 Å². The van der Waals surface area contributed by atoms with Gasteiger partial charge in [-0.05, 0) is 42.8 Å². The van der Waals surface area contributed by atoms with Crippen molar-refractivity contribution in [2.45, 2.75) is 6.92 Å². The number of nitrogens with zero attached hydrogens (tertiary/aromatic N) is 1. The van der Waals surface area contributed by atoms with E-state index < -0.39 is 23.4 Å². The van der Waals surface area contributed by atoms with Gasteiger partial charge in [0.2, 0.25) is 5.91 Å². The van der Waals surface area contributed by atoms with Crippen LogP contribution in [0.25, 0.3) is 6.08 Å². The Hall–Kier alpha value is -3.46. The first-order valence-electron chi connectivity index (χ1n) is 7.95. The molecule has 0 aromatic heterocycles. The molecule has 0 saturated heterocycles. The van der Waals surface area contributed by atoms with Crippen molar-refractivity contribution >= 4 is 23.5 Å². The number of halogens is 1. The summed E-state index contributed by atoms with van der Waals surface area (Å²) in [4.78, 5) is 24.5. The van der Waals surface area contributed by atoms with E-state index in [4.69, 9.17) is 4.74 Å². The Morgan fingerprint density at radius 2 is 1.92 bits per heavy atom. The Morgan fingerprint density at radius 1 is 1.23 bits per heavy atom. The van der Waals surface area contributed by atoms with Gasteiger partial charge < -0.3 is 10.1 Å². The molecule has 1 atom stereocenters. The van der Waals surface area contributed by atoms with Crippen LogP contribution < -0.4 is 10.1 Å². The van der Waals surface area contributed by atoms with E-state index in [1.54, 1.807) is 37.3 Å². The highest BCUT2D eigenvalue weighted by molar-refractivity contribution is 6.14. The van der Waals surface area contributed by atoms with E-state index in [0.29, 0.717) is 23.6 Å². The molecular weight excluding hydrogens is 335 g/mol. The Bertz CT molecular complexity index is 854. The highest BCUT2D eigenvalue weighted by atomic mass is 19.1. The molecule has 1 unspecified atom stereocenters. The first-order chi connectivity index (χ1) is 12.5. The van der Waals surface area contributed by atoms with Crippen molar-refractivity contribution in [2.24, 2.45) is 5.92 Å². The second-order valence-electron chi connectivity index (χ2n) is 5.27. The first-order valence-corrected chi connectivity index (χ1v) is 7.95. The highest BCUT2D eigenvalue weighted by Crippen LogP contribution is 2.24. The predicted molar refractivity (Wildman–Crippen MR) is 95.8 cm³/mol. The monoisotopic (exact) mass is 352 g/mol. The molecule has 0 radical (unpaired) electrons. The molecule has 0 spiro atoms. The zero-order valence-corrected chi connectivity index (χ0v) is 14.1. The van der Waals surface area contributed by atoms with E-state index in [2.05, 4.69) is 5.32 Å². The minimum Gasteiger partial charge on any atom is -0.492 e. The fourth-order valence-electron chi connectivity index (χ4n) is 2.16. The van der Waals surface area contributed by atoms with Crippen LogP contribution in [0.2, 0.25) is 0 Å². The van der Waals surface area contributed by atoms with Crippen molar-refractivity contribution < 1.29 is 18.7 Å². The molecule has 0 aliphatic carbocycles. The van der Waals surface area contributed by atoms with Crippen LogP contribution in [0.15, 0.2) is 54.6 Å². The van der Waals surface area contributed by atoms with E-state index in [-0.39, 0.29) is 0 Å². The van der Waals surface area contributed by atoms with Crippen molar-refractivity contribution in [3.63, 3.8) is 0 Å². The van der Waals surface area contributed by atoms with Gasteiger partial charge in [-0.3, -0.25) is 9.59 Å². The summed E-state index contributed by atoms with van der Waals surface area (Å²) < 4.78 is 18.3. The summed E-state index contributed by atoms with van der Waals surface area (Å²) in [5.74, 6) is -2.84. The topological polar surface area (TPSA) is 79.2 Å². The lowest BCUT2D eigenvalue weighted by atomic mass is 10.0. The molecule has 0 bridgehead atoms. The number of allylic oxidation sites excluding steroid dienone is 1. The number of nitriles is 1. The number of amides is 1. The number of benzene rings is 2. The van der Waals surface area contributed by atoms with Crippen molar-refractivity contribution in [1.82, 2.24) is 0 Å². The van der Waals surface area contributed by atoms with Crippen LogP contribution in [0.4, 0.5) is 10.1 Å². The molecule has 1 amide bonds. The van der Waals surface area contributed by atoms with Crippen LogP contribution in [0, 0.1) is 23.1 Å². The van der Waals surface area contributed by atoms with Gasteiger partial charge >= 0.3 is 0 Å². The Morgan fingerprint density at radius 3 is 2.58 bits per heavy atom. The SMILES string of the molecule is CCOc1ccccc1NC(=O)C(C#N)C(=O)/C=C/c1ccc(F)cc1. The Balaban J connectivity index is 2.09. The number of ketones is 1. The molecule has 0 aliphatic rings. The summed E-state index contributed by atoms with van der Waals surface area (Å²) in [5.41, 5.74) is 0.966. The lowest BCUT2D eigenvalue weighted by Crippen LogP contribution is -2.27. The number of anilines is 1. The van der Waals surface area contributed by atoms with E-state index in [1.165, 1.54) is 30.3 Å². The minimum absolute atomic E-state index is 0.384. The summed E-state index contributed by atoms with van der Waals surface area (Å²) >= 11 is 0. The van der Waals surface area contributed by atoms with Crippen molar-refractivity contribution in [3.05, 3.63) is 66.0 Å². The molecule has 26 heavy (non-hydrogen) atoms. The zero-order valence-electron chi connectivity index (χ0n) is 14.1. The Labute approximate surface area is 150 Å². The number of para-hydroxylation sites is 2. The minimum atomic E-state index is -1.50. The quantitative estimate of drug-likeness (QED) is 0.610. The molecule has 2 aromatic rings. The largest absolute Gasteiger partial charge is 0.492 e. The number of carbonyl (C=O) groups excluding carboxylic acids is 2. The standard InChI is InChI=1S/C20H17FN2O3/c1-2-26-19-6-4-3-5-17(19)23-20(25)16(13-22)18(24)12-9-14-7-10-15(21)11-8-14/h3-12,16H,2H2,1H3,(H,23,25)/b12-9+. The fraction of sp³-hybridized carbons (Fsp3) is 0.150.